The summed E-state index contributed by atoms with van der Waals surface area (Å²) in [5.41, 5.74) is 0.617. The summed E-state index contributed by atoms with van der Waals surface area (Å²) in [6.07, 6.45) is 0. The summed E-state index contributed by atoms with van der Waals surface area (Å²) in [5.74, 6) is 0.643. The molecule has 0 aliphatic heterocycles. The monoisotopic (exact) mass is 229 g/mol. The van der Waals surface area contributed by atoms with Crippen LogP contribution in [-0.2, 0) is 0 Å². The van der Waals surface area contributed by atoms with Crippen LogP contribution in [0.4, 0.5) is 8.78 Å². The van der Waals surface area contributed by atoms with Crippen LogP contribution in [0.2, 0.25) is 0 Å². The molecule has 1 unspecified atom stereocenters. The number of hydrogen-bond donors (Lipinski definition) is 0. The van der Waals surface area contributed by atoms with E-state index in [1.807, 2.05) is 13.8 Å². The Labute approximate surface area is 94.2 Å². The molecule has 1 aromatic rings. The van der Waals surface area contributed by atoms with E-state index in [0.29, 0.717) is 17.9 Å². The molecule has 0 aromatic heterocycles. The lowest BCUT2D eigenvalue weighted by Gasteiger charge is -2.14. The molecule has 4 heteroatoms. The maximum absolute atomic E-state index is 12.1. The molecule has 0 bridgehead atoms. The van der Waals surface area contributed by atoms with Crippen molar-refractivity contribution in [3.05, 3.63) is 30.7 Å². The molecule has 0 heterocycles. The first-order valence-electron chi connectivity index (χ1n) is 5.09. The molecule has 0 aliphatic carbocycles. The predicted molar refractivity (Wildman–Crippen MR) is 58.0 cm³/mol. The number of halogens is 2. The molecule has 1 atom stereocenters. The lowest BCUT2D eigenvalue weighted by Crippen LogP contribution is -2.05. The van der Waals surface area contributed by atoms with Gasteiger partial charge in [-0.1, -0.05) is 6.92 Å². The fraction of sp³-hybridized carbons (Fsp3) is 0.417. The van der Waals surface area contributed by atoms with Gasteiger partial charge in [-0.3, -0.25) is 0 Å². The maximum Gasteiger partial charge on any atom is 0.387 e. The second kappa shape index (κ2) is 5.68. The van der Waals surface area contributed by atoms with Gasteiger partial charge < -0.3 is 9.47 Å². The molecule has 0 saturated heterocycles. The lowest BCUT2D eigenvalue weighted by molar-refractivity contribution is -0.0505. The largest absolute Gasteiger partial charge is 0.494 e. The average molecular weight is 229 g/mol. The standard InChI is InChI=1S/C12H15F2O2/c1-4-15-9-5-6-11(16-12(13)14)10(7-9)8(2)3/h5-8,12H,2,4H2,1,3H3. The number of rotatable bonds is 5. The Morgan fingerprint density at radius 3 is 2.56 bits per heavy atom. The first-order valence-corrected chi connectivity index (χ1v) is 5.09. The van der Waals surface area contributed by atoms with Gasteiger partial charge in [-0.05, 0) is 38.0 Å². The van der Waals surface area contributed by atoms with Gasteiger partial charge in [0.15, 0.2) is 0 Å². The van der Waals surface area contributed by atoms with Crippen molar-refractivity contribution in [3.8, 4) is 11.5 Å². The Kier molecular flexibility index (Phi) is 4.52. The van der Waals surface area contributed by atoms with E-state index in [9.17, 15) is 8.78 Å². The highest BCUT2D eigenvalue weighted by Gasteiger charge is 2.13. The SMILES string of the molecule is [CH2]C(C)c1cc(OCC)ccc1OC(F)F. The van der Waals surface area contributed by atoms with Crippen LogP contribution in [-0.4, -0.2) is 13.2 Å². The minimum absolute atomic E-state index is 0.144. The third kappa shape index (κ3) is 3.36. The predicted octanol–water partition coefficient (Wildman–Crippen LogP) is 3.62. The van der Waals surface area contributed by atoms with E-state index in [4.69, 9.17) is 4.74 Å². The van der Waals surface area contributed by atoms with Crippen molar-refractivity contribution in [2.75, 3.05) is 6.61 Å². The number of hydrogen-bond acceptors (Lipinski definition) is 2. The molecule has 0 N–H and O–H groups in total. The van der Waals surface area contributed by atoms with Crippen LogP contribution in [0.15, 0.2) is 18.2 Å². The molecular weight excluding hydrogens is 214 g/mol. The van der Waals surface area contributed by atoms with Crippen molar-refractivity contribution in [2.24, 2.45) is 0 Å². The van der Waals surface area contributed by atoms with Crippen LogP contribution >= 0.6 is 0 Å². The highest BCUT2D eigenvalue weighted by atomic mass is 19.3. The van der Waals surface area contributed by atoms with Gasteiger partial charge in [0, 0.05) is 5.56 Å². The van der Waals surface area contributed by atoms with Crippen molar-refractivity contribution >= 4 is 0 Å². The summed E-state index contributed by atoms with van der Waals surface area (Å²) in [5, 5.41) is 0. The van der Waals surface area contributed by atoms with Crippen LogP contribution in [0.5, 0.6) is 11.5 Å². The Bertz CT molecular complexity index is 338. The summed E-state index contributed by atoms with van der Waals surface area (Å²) in [6.45, 7) is 5.17. The molecule has 16 heavy (non-hydrogen) atoms. The maximum atomic E-state index is 12.1. The zero-order valence-electron chi connectivity index (χ0n) is 9.37. The minimum atomic E-state index is -2.82. The zero-order valence-corrected chi connectivity index (χ0v) is 9.37. The second-order valence-electron chi connectivity index (χ2n) is 3.41. The molecule has 0 spiro atoms. The first-order chi connectivity index (χ1) is 7.54. The van der Waals surface area contributed by atoms with Gasteiger partial charge in [-0.2, -0.15) is 8.78 Å². The Hall–Kier alpha value is -1.32. The van der Waals surface area contributed by atoms with Gasteiger partial charge in [-0.25, -0.2) is 0 Å². The third-order valence-corrected chi connectivity index (χ3v) is 2.04. The van der Waals surface area contributed by atoms with Gasteiger partial charge in [0.25, 0.3) is 0 Å². The van der Waals surface area contributed by atoms with Crippen molar-refractivity contribution in [1.29, 1.82) is 0 Å². The summed E-state index contributed by atoms with van der Waals surface area (Å²) in [4.78, 5) is 0. The number of alkyl halides is 2. The smallest absolute Gasteiger partial charge is 0.387 e. The quantitative estimate of drug-likeness (QED) is 0.767. The summed E-state index contributed by atoms with van der Waals surface area (Å²) in [7, 11) is 0. The molecule has 2 nitrogen and oxygen atoms in total. The van der Waals surface area contributed by atoms with E-state index >= 15 is 0 Å². The summed E-state index contributed by atoms with van der Waals surface area (Å²) >= 11 is 0. The molecular formula is C12H15F2O2. The zero-order chi connectivity index (χ0) is 12.1. The van der Waals surface area contributed by atoms with Gasteiger partial charge in [0.05, 0.1) is 6.61 Å². The van der Waals surface area contributed by atoms with Gasteiger partial charge >= 0.3 is 6.61 Å². The van der Waals surface area contributed by atoms with E-state index in [1.165, 1.54) is 6.07 Å². The fourth-order valence-electron chi connectivity index (χ4n) is 1.37. The van der Waals surface area contributed by atoms with Crippen LogP contribution in [0.25, 0.3) is 0 Å². The van der Waals surface area contributed by atoms with E-state index in [-0.39, 0.29) is 11.7 Å². The third-order valence-electron chi connectivity index (χ3n) is 2.04. The molecule has 1 aromatic carbocycles. The topological polar surface area (TPSA) is 18.5 Å². The summed E-state index contributed by atoms with van der Waals surface area (Å²) in [6, 6.07) is 4.76. The first kappa shape index (κ1) is 12.7. The van der Waals surface area contributed by atoms with E-state index < -0.39 is 6.61 Å². The molecule has 0 amide bonds. The van der Waals surface area contributed by atoms with Crippen LogP contribution in [0.1, 0.15) is 25.3 Å². The molecule has 0 fully saturated rings. The summed E-state index contributed by atoms with van der Waals surface area (Å²) < 4.78 is 34.0. The minimum Gasteiger partial charge on any atom is -0.494 e. The number of ether oxygens (including phenoxy) is 2. The average Bonchev–Trinajstić information content (AvgIpc) is 2.19. The molecule has 0 saturated carbocycles. The van der Waals surface area contributed by atoms with Gasteiger partial charge in [0.2, 0.25) is 0 Å². The van der Waals surface area contributed by atoms with Gasteiger partial charge in [-0.15, -0.1) is 0 Å². The van der Waals surface area contributed by atoms with E-state index in [2.05, 4.69) is 11.7 Å². The Morgan fingerprint density at radius 1 is 1.38 bits per heavy atom. The van der Waals surface area contributed by atoms with Crippen LogP contribution < -0.4 is 9.47 Å². The second-order valence-corrected chi connectivity index (χ2v) is 3.41. The van der Waals surface area contributed by atoms with Crippen molar-refractivity contribution < 1.29 is 18.3 Å². The van der Waals surface area contributed by atoms with E-state index in [1.54, 1.807) is 12.1 Å². The molecule has 1 radical (unpaired) electrons. The lowest BCUT2D eigenvalue weighted by atomic mass is 10.0. The highest BCUT2D eigenvalue weighted by molar-refractivity contribution is 5.42. The Balaban J connectivity index is 2.99. The normalized spacial score (nSPS) is 10.9. The Morgan fingerprint density at radius 2 is 2.06 bits per heavy atom. The highest BCUT2D eigenvalue weighted by Crippen LogP contribution is 2.31. The van der Waals surface area contributed by atoms with Crippen molar-refractivity contribution in [2.45, 2.75) is 26.4 Å². The van der Waals surface area contributed by atoms with Crippen molar-refractivity contribution in [3.63, 3.8) is 0 Å². The number of benzene rings is 1. The molecule has 89 valence electrons. The fourth-order valence-corrected chi connectivity index (χ4v) is 1.37. The molecule has 1 rings (SSSR count). The van der Waals surface area contributed by atoms with E-state index in [0.717, 1.165) is 0 Å². The van der Waals surface area contributed by atoms with Crippen LogP contribution in [0.3, 0.4) is 0 Å². The van der Waals surface area contributed by atoms with Crippen LogP contribution in [0, 0.1) is 6.92 Å². The molecule has 0 aliphatic rings. The van der Waals surface area contributed by atoms with Gasteiger partial charge in [0.1, 0.15) is 11.5 Å². The van der Waals surface area contributed by atoms with Crippen molar-refractivity contribution in [1.82, 2.24) is 0 Å².